The fraction of sp³-hybridized carbons (Fsp3) is 0.536. The van der Waals surface area contributed by atoms with E-state index in [2.05, 4.69) is 15.9 Å². The van der Waals surface area contributed by atoms with Crippen LogP contribution in [0.4, 0.5) is 0 Å². The molecule has 4 aliphatic rings. The van der Waals surface area contributed by atoms with Crippen molar-refractivity contribution in [3.63, 3.8) is 0 Å². The van der Waals surface area contributed by atoms with Crippen molar-refractivity contribution in [3.05, 3.63) is 33.8 Å². The topological polar surface area (TPSA) is 142 Å². The fourth-order valence-corrected chi connectivity index (χ4v) is 8.53. The highest BCUT2D eigenvalue weighted by atomic mass is 79.9. The van der Waals surface area contributed by atoms with Crippen LogP contribution in [0.3, 0.4) is 0 Å². The van der Waals surface area contributed by atoms with Gasteiger partial charge in [0.2, 0.25) is 11.8 Å². The highest BCUT2D eigenvalue weighted by Crippen LogP contribution is 2.66. The smallest absolute Gasteiger partial charge is 0.303 e. The third-order valence-corrected chi connectivity index (χ3v) is 10.8. The number of fused-ring (bicyclic) bond motifs is 4. The average Bonchev–Trinajstić information content (AvgIpc) is 3.24. The number of carboxylic acids is 1. The number of benzene rings is 1. The summed E-state index contributed by atoms with van der Waals surface area (Å²) in [6, 6.07) is 3.13. The number of halogens is 3. The Balaban J connectivity index is 1.58. The second-order valence-electron chi connectivity index (χ2n) is 11.1. The maximum Gasteiger partial charge on any atom is 0.303 e. The zero-order valence-corrected chi connectivity index (χ0v) is 25.5. The van der Waals surface area contributed by atoms with Gasteiger partial charge < -0.3 is 14.9 Å². The lowest BCUT2D eigenvalue weighted by Gasteiger charge is -2.50. The Hall–Kier alpha value is -2.63. The van der Waals surface area contributed by atoms with Gasteiger partial charge in [0.15, 0.2) is 21.2 Å². The first-order valence-electron chi connectivity index (χ1n) is 13.3. The van der Waals surface area contributed by atoms with Crippen LogP contribution in [-0.4, -0.2) is 80.1 Å². The SMILES string of the molecule is COc1cc(Br)cc(C2C3=CCC4C(=O)N(CCCCCC(=O)O)C(=O)C4C3CC3(Cl)C(=O)N(C)C(=O)C23Cl)c1O. The van der Waals surface area contributed by atoms with Gasteiger partial charge in [-0.05, 0) is 43.7 Å². The number of rotatable bonds is 8. The number of aromatic hydroxyl groups is 1. The third-order valence-electron chi connectivity index (χ3n) is 8.98. The number of allylic oxidation sites excluding steroid dienone is 2. The minimum atomic E-state index is -2.02. The van der Waals surface area contributed by atoms with Crippen LogP contribution in [0.2, 0.25) is 0 Å². The molecule has 2 N–H and O–H groups in total. The highest BCUT2D eigenvalue weighted by Gasteiger charge is 2.76. The van der Waals surface area contributed by atoms with E-state index in [0.717, 1.165) is 4.90 Å². The fourth-order valence-electron chi connectivity index (χ4n) is 7.07. The molecule has 41 heavy (non-hydrogen) atoms. The molecule has 4 amide bonds. The van der Waals surface area contributed by atoms with Crippen LogP contribution in [0.15, 0.2) is 28.3 Å². The number of carboxylic acid groups (broad SMARTS) is 1. The molecule has 5 rings (SSSR count). The number of methoxy groups -OCH3 is 1. The number of likely N-dealkylation sites (tertiary alicyclic amines) is 2. The molecule has 1 aromatic carbocycles. The quantitative estimate of drug-likeness (QED) is 0.184. The van der Waals surface area contributed by atoms with Gasteiger partial charge >= 0.3 is 5.97 Å². The molecule has 0 radical (unpaired) electrons. The maximum absolute atomic E-state index is 13.8. The predicted molar refractivity (Wildman–Crippen MR) is 151 cm³/mol. The van der Waals surface area contributed by atoms with Gasteiger partial charge in [-0.15, -0.1) is 23.2 Å². The lowest BCUT2D eigenvalue weighted by atomic mass is 9.56. The number of ether oxygens (including phenoxy) is 1. The first-order valence-corrected chi connectivity index (χ1v) is 14.9. The van der Waals surface area contributed by atoms with Gasteiger partial charge in [-0.25, -0.2) is 0 Å². The zero-order chi connectivity index (χ0) is 30.0. The average molecular weight is 672 g/mol. The van der Waals surface area contributed by atoms with Crippen LogP contribution in [0.5, 0.6) is 11.5 Å². The monoisotopic (exact) mass is 670 g/mol. The van der Waals surface area contributed by atoms with Crippen LogP contribution in [0.1, 0.15) is 50.0 Å². The van der Waals surface area contributed by atoms with Crippen molar-refractivity contribution < 1.29 is 38.9 Å². The van der Waals surface area contributed by atoms with E-state index in [4.69, 9.17) is 33.0 Å². The van der Waals surface area contributed by atoms with Crippen LogP contribution in [-0.2, 0) is 24.0 Å². The summed E-state index contributed by atoms with van der Waals surface area (Å²) in [5.41, 5.74) is 0.767. The Morgan fingerprint density at radius 3 is 2.46 bits per heavy atom. The Kier molecular flexibility index (Phi) is 7.70. The molecule has 220 valence electrons. The van der Waals surface area contributed by atoms with Crippen molar-refractivity contribution >= 4 is 68.7 Å². The zero-order valence-electron chi connectivity index (χ0n) is 22.4. The van der Waals surface area contributed by atoms with Gasteiger partial charge in [0.1, 0.15) is 0 Å². The summed E-state index contributed by atoms with van der Waals surface area (Å²) < 4.78 is 5.86. The number of alkyl halides is 2. The molecule has 3 fully saturated rings. The molecule has 0 aromatic heterocycles. The second-order valence-corrected chi connectivity index (χ2v) is 13.2. The van der Waals surface area contributed by atoms with Gasteiger partial charge in [0.05, 0.1) is 18.9 Å². The molecule has 0 spiro atoms. The first-order chi connectivity index (χ1) is 19.3. The van der Waals surface area contributed by atoms with E-state index in [0.29, 0.717) is 29.3 Å². The van der Waals surface area contributed by atoms with Crippen molar-refractivity contribution in [1.82, 2.24) is 9.80 Å². The lowest BCUT2D eigenvalue weighted by Crippen LogP contribution is -2.60. The highest BCUT2D eigenvalue weighted by molar-refractivity contribution is 9.10. The summed E-state index contributed by atoms with van der Waals surface area (Å²) in [5.74, 6) is -6.54. The summed E-state index contributed by atoms with van der Waals surface area (Å²) in [6.07, 6.45) is 3.31. The molecule has 2 aliphatic carbocycles. The van der Waals surface area contributed by atoms with Gasteiger partial charge in [-0.3, -0.25) is 33.8 Å². The van der Waals surface area contributed by atoms with E-state index in [1.54, 1.807) is 18.2 Å². The van der Waals surface area contributed by atoms with Crippen LogP contribution >= 0.6 is 39.1 Å². The van der Waals surface area contributed by atoms with Crippen molar-refractivity contribution in [2.24, 2.45) is 17.8 Å². The van der Waals surface area contributed by atoms with Gasteiger partial charge in [0, 0.05) is 36.0 Å². The molecule has 2 heterocycles. The number of imide groups is 2. The molecule has 10 nitrogen and oxygen atoms in total. The Morgan fingerprint density at radius 1 is 1.10 bits per heavy atom. The summed E-state index contributed by atoms with van der Waals surface area (Å²) in [6.45, 7) is 0.158. The summed E-state index contributed by atoms with van der Waals surface area (Å²) in [4.78, 5) is 63.3. The molecule has 6 unspecified atom stereocenters. The van der Waals surface area contributed by atoms with Gasteiger partial charge in [0.25, 0.3) is 11.8 Å². The van der Waals surface area contributed by atoms with Crippen LogP contribution < -0.4 is 4.74 Å². The second kappa shape index (κ2) is 10.6. The first kappa shape index (κ1) is 29.8. The number of carbonyl (C=O) groups excluding carboxylic acids is 4. The largest absolute Gasteiger partial charge is 0.504 e. The minimum Gasteiger partial charge on any atom is -0.504 e. The maximum atomic E-state index is 13.8. The van der Waals surface area contributed by atoms with Crippen LogP contribution in [0.25, 0.3) is 0 Å². The van der Waals surface area contributed by atoms with E-state index in [9.17, 15) is 29.1 Å². The van der Waals surface area contributed by atoms with Crippen LogP contribution in [0, 0.1) is 17.8 Å². The number of unbranched alkanes of at least 4 members (excludes halogenated alkanes) is 2. The van der Waals surface area contributed by atoms with E-state index in [1.165, 1.54) is 19.1 Å². The molecule has 1 aromatic rings. The normalized spacial score (nSPS) is 32.6. The molecule has 2 aliphatic heterocycles. The predicted octanol–water partition coefficient (Wildman–Crippen LogP) is 3.80. The molecular formula is C28H29BrCl2N2O8. The van der Waals surface area contributed by atoms with Gasteiger partial charge in [-0.2, -0.15) is 0 Å². The summed E-state index contributed by atoms with van der Waals surface area (Å²) >= 11 is 17.7. The molecule has 6 atom stereocenters. The molecule has 0 bridgehead atoms. The number of hydrogen-bond acceptors (Lipinski definition) is 7. The molecule has 2 saturated heterocycles. The van der Waals surface area contributed by atoms with E-state index in [1.807, 2.05) is 0 Å². The van der Waals surface area contributed by atoms with Crippen molar-refractivity contribution in [1.29, 1.82) is 0 Å². The van der Waals surface area contributed by atoms with Crippen molar-refractivity contribution in [3.8, 4) is 11.5 Å². The third kappa shape index (κ3) is 4.29. The Morgan fingerprint density at radius 2 is 1.80 bits per heavy atom. The number of aliphatic carboxylic acids is 1. The molecule has 1 saturated carbocycles. The molecular weight excluding hydrogens is 643 g/mol. The van der Waals surface area contributed by atoms with E-state index in [-0.39, 0.29) is 48.8 Å². The van der Waals surface area contributed by atoms with Crippen molar-refractivity contribution in [2.75, 3.05) is 20.7 Å². The Bertz CT molecular complexity index is 1400. The number of carbonyl (C=O) groups is 5. The van der Waals surface area contributed by atoms with Crippen molar-refractivity contribution in [2.45, 2.75) is 54.2 Å². The minimum absolute atomic E-state index is 0.0102. The number of phenolic OH excluding ortho intramolecular Hbond substituents is 1. The lowest BCUT2D eigenvalue weighted by molar-refractivity contribution is -0.141. The summed E-state index contributed by atoms with van der Waals surface area (Å²) in [5, 5.41) is 20.1. The van der Waals surface area contributed by atoms with Gasteiger partial charge in [-0.1, -0.05) is 34.0 Å². The number of phenols is 1. The Labute approximate surface area is 254 Å². The number of nitrogens with zero attached hydrogens (tertiary/aromatic N) is 2. The summed E-state index contributed by atoms with van der Waals surface area (Å²) in [7, 11) is 2.67. The number of amides is 4. The number of hydrogen-bond donors (Lipinski definition) is 2. The van der Waals surface area contributed by atoms with E-state index < -0.39 is 57.1 Å². The van der Waals surface area contributed by atoms with E-state index >= 15 is 0 Å². The molecule has 13 heteroatoms. The standard InChI is InChI=1S/C28H29BrCl2N2O8/c1-32-25(39)27(30)12-17-14(21(28(27,31)26(32)40)16-10-13(29)11-18(41-2)22(16)36)7-8-15-20(17)24(38)33(23(15)37)9-5-3-4-6-19(34)35/h7,10-11,15,17,20-21,36H,3-6,8-9,12H2,1-2H3,(H,34,35).